The van der Waals surface area contributed by atoms with Crippen molar-refractivity contribution < 1.29 is 4.79 Å². The van der Waals surface area contributed by atoms with Gasteiger partial charge in [-0.2, -0.15) is 0 Å². The molecule has 1 amide bonds. The third kappa shape index (κ3) is 4.87. The maximum absolute atomic E-state index is 13.3. The van der Waals surface area contributed by atoms with Crippen LogP contribution >= 0.6 is 0 Å². The number of nitrogens with one attached hydrogen (secondary N) is 2. The standard InChI is InChI=1S/C28H31N5O/c1-19-7-5-10-25-24(19)16-26(32(25)18-21-8-6-9-22(15-21)27(29)30)28(34)31-17-20-11-13-23(14-12-20)33(2,3)4/h5-16H,17-18H2,1-4H3,(H3-,29,30,31,34)/p+1. The van der Waals surface area contributed by atoms with Gasteiger partial charge in [-0.1, -0.05) is 42.5 Å². The molecule has 0 spiro atoms. The minimum atomic E-state index is -0.117. The molecule has 0 atom stereocenters. The van der Waals surface area contributed by atoms with Gasteiger partial charge in [0.25, 0.3) is 5.91 Å². The zero-order chi connectivity index (χ0) is 24.5. The van der Waals surface area contributed by atoms with Gasteiger partial charge in [0, 0.05) is 29.6 Å². The van der Waals surface area contributed by atoms with Gasteiger partial charge in [0.05, 0.1) is 21.1 Å². The number of hydrogen-bond acceptors (Lipinski definition) is 2. The van der Waals surface area contributed by atoms with Crippen LogP contribution in [0, 0.1) is 12.3 Å². The van der Waals surface area contributed by atoms with Gasteiger partial charge in [-0.15, -0.1) is 0 Å². The van der Waals surface area contributed by atoms with Gasteiger partial charge < -0.3 is 15.6 Å². The number of amidine groups is 1. The Kier molecular flexibility index (Phi) is 6.26. The molecule has 0 saturated heterocycles. The van der Waals surface area contributed by atoms with Crippen LogP contribution in [0.2, 0.25) is 0 Å². The molecule has 0 bridgehead atoms. The topological polar surface area (TPSA) is 83.9 Å². The fourth-order valence-electron chi connectivity index (χ4n) is 4.14. The van der Waals surface area contributed by atoms with Gasteiger partial charge in [0.2, 0.25) is 0 Å². The number of nitrogens with zero attached hydrogens (tertiary/aromatic N) is 2. The molecule has 4 rings (SSSR count). The smallest absolute Gasteiger partial charge is 0.268 e. The van der Waals surface area contributed by atoms with Crippen molar-refractivity contribution in [3.63, 3.8) is 0 Å². The Morgan fingerprint density at radius 1 is 0.971 bits per heavy atom. The van der Waals surface area contributed by atoms with Crippen LogP contribution in [0.5, 0.6) is 0 Å². The molecular formula is C28H32N5O+. The molecule has 1 heterocycles. The Hall–Kier alpha value is -3.90. The monoisotopic (exact) mass is 454 g/mol. The van der Waals surface area contributed by atoms with Crippen LogP contribution in [0.1, 0.15) is 32.7 Å². The molecule has 6 nitrogen and oxygen atoms in total. The summed E-state index contributed by atoms with van der Waals surface area (Å²) in [7, 11) is 6.39. The van der Waals surface area contributed by atoms with Gasteiger partial charge in [0.1, 0.15) is 17.2 Å². The number of carbonyl (C=O) groups excluding carboxylic acids is 1. The second-order valence-corrected chi connectivity index (χ2v) is 9.60. The van der Waals surface area contributed by atoms with Crippen molar-refractivity contribution in [3.05, 3.63) is 101 Å². The molecule has 0 aliphatic heterocycles. The van der Waals surface area contributed by atoms with E-state index in [0.29, 0.717) is 24.3 Å². The average Bonchev–Trinajstić information content (AvgIpc) is 3.17. The van der Waals surface area contributed by atoms with Gasteiger partial charge in [0.15, 0.2) is 0 Å². The molecule has 4 N–H and O–H groups in total. The molecule has 174 valence electrons. The summed E-state index contributed by atoms with van der Waals surface area (Å²) in [4.78, 5) is 13.3. The molecule has 6 heteroatoms. The molecule has 1 aromatic heterocycles. The van der Waals surface area contributed by atoms with E-state index >= 15 is 0 Å². The maximum atomic E-state index is 13.3. The highest BCUT2D eigenvalue weighted by Gasteiger charge is 2.17. The SMILES string of the molecule is Cc1cccc2c1cc(C(=O)NCc1ccc([N+](C)(C)C)cc1)n2Cc1cccc(C(=N)N)c1. The minimum absolute atomic E-state index is 0.0318. The van der Waals surface area contributed by atoms with Crippen LogP contribution in [0.4, 0.5) is 5.69 Å². The summed E-state index contributed by atoms with van der Waals surface area (Å²) < 4.78 is 2.79. The molecule has 0 aliphatic carbocycles. The second kappa shape index (κ2) is 9.15. The molecular weight excluding hydrogens is 422 g/mol. The average molecular weight is 455 g/mol. The Labute approximate surface area is 200 Å². The van der Waals surface area contributed by atoms with E-state index in [2.05, 4.69) is 63.7 Å². The lowest BCUT2D eigenvalue weighted by Gasteiger charge is -2.23. The summed E-state index contributed by atoms with van der Waals surface area (Å²) >= 11 is 0. The third-order valence-corrected chi connectivity index (χ3v) is 6.14. The van der Waals surface area contributed by atoms with Crippen molar-refractivity contribution in [2.75, 3.05) is 21.1 Å². The van der Waals surface area contributed by atoms with Crippen LogP contribution < -0.4 is 15.5 Å². The number of quaternary nitrogens is 1. The predicted molar refractivity (Wildman–Crippen MR) is 140 cm³/mol. The lowest BCUT2D eigenvalue weighted by atomic mass is 10.1. The number of fused-ring (bicyclic) bond motifs is 1. The van der Waals surface area contributed by atoms with E-state index < -0.39 is 0 Å². The van der Waals surface area contributed by atoms with E-state index in [4.69, 9.17) is 11.1 Å². The number of nitrogens with two attached hydrogens (primary N) is 1. The van der Waals surface area contributed by atoms with Crippen molar-refractivity contribution in [2.45, 2.75) is 20.0 Å². The van der Waals surface area contributed by atoms with Gasteiger partial charge >= 0.3 is 0 Å². The summed E-state index contributed by atoms with van der Waals surface area (Å²) in [5, 5.41) is 11.9. The Morgan fingerprint density at radius 3 is 2.35 bits per heavy atom. The van der Waals surface area contributed by atoms with Gasteiger partial charge in [-0.05, 0) is 53.9 Å². The maximum Gasteiger partial charge on any atom is 0.268 e. The molecule has 0 unspecified atom stereocenters. The summed E-state index contributed by atoms with van der Waals surface area (Å²) in [6.07, 6.45) is 0. The molecule has 34 heavy (non-hydrogen) atoms. The van der Waals surface area contributed by atoms with E-state index in [1.165, 1.54) is 5.69 Å². The van der Waals surface area contributed by atoms with E-state index in [-0.39, 0.29) is 11.7 Å². The zero-order valence-electron chi connectivity index (χ0n) is 20.2. The predicted octanol–water partition coefficient (Wildman–Crippen LogP) is 4.41. The van der Waals surface area contributed by atoms with E-state index in [1.807, 2.05) is 47.0 Å². The first kappa shape index (κ1) is 23.3. The van der Waals surface area contributed by atoms with Crippen molar-refractivity contribution in [3.8, 4) is 0 Å². The fraction of sp³-hybridized carbons (Fsp3) is 0.214. The van der Waals surface area contributed by atoms with Crippen LogP contribution in [0.15, 0.2) is 72.8 Å². The largest absolute Gasteiger partial charge is 0.384 e. The number of carbonyl (C=O) groups is 1. The molecule has 0 saturated carbocycles. The summed E-state index contributed by atoms with van der Waals surface area (Å²) in [6.45, 7) is 3.02. The summed E-state index contributed by atoms with van der Waals surface area (Å²) in [6, 6.07) is 24.0. The number of aromatic nitrogens is 1. The lowest BCUT2D eigenvalue weighted by molar-refractivity contribution is 0.0942. The van der Waals surface area contributed by atoms with Crippen molar-refractivity contribution in [2.24, 2.45) is 5.73 Å². The Morgan fingerprint density at radius 2 is 1.68 bits per heavy atom. The van der Waals surface area contributed by atoms with Crippen LogP contribution in [-0.4, -0.2) is 37.5 Å². The Balaban J connectivity index is 1.62. The molecule has 0 aliphatic rings. The first-order chi connectivity index (χ1) is 16.1. The van der Waals surface area contributed by atoms with Crippen molar-refractivity contribution in [1.29, 1.82) is 5.41 Å². The number of hydrogen-bond donors (Lipinski definition) is 3. The van der Waals surface area contributed by atoms with Crippen molar-refractivity contribution >= 4 is 28.3 Å². The molecule has 0 fully saturated rings. The van der Waals surface area contributed by atoms with E-state index in [1.54, 1.807) is 0 Å². The quantitative estimate of drug-likeness (QED) is 0.220. The second-order valence-electron chi connectivity index (χ2n) is 9.60. The summed E-state index contributed by atoms with van der Waals surface area (Å²) in [5.74, 6) is -0.0849. The number of rotatable bonds is 7. The highest BCUT2D eigenvalue weighted by molar-refractivity contribution is 5.99. The minimum Gasteiger partial charge on any atom is -0.384 e. The van der Waals surface area contributed by atoms with Gasteiger partial charge in [-0.3, -0.25) is 14.7 Å². The number of nitrogen functional groups attached to an aromatic ring is 1. The van der Waals surface area contributed by atoms with Gasteiger partial charge in [-0.25, -0.2) is 0 Å². The van der Waals surface area contributed by atoms with Crippen LogP contribution in [-0.2, 0) is 13.1 Å². The lowest BCUT2D eigenvalue weighted by Crippen LogP contribution is -2.34. The highest BCUT2D eigenvalue weighted by Crippen LogP contribution is 2.25. The Bertz CT molecular complexity index is 1360. The number of benzene rings is 3. The van der Waals surface area contributed by atoms with Crippen LogP contribution in [0.25, 0.3) is 10.9 Å². The molecule has 4 aromatic rings. The molecule has 3 aromatic carbocycles. The third-order valence-electron chi connectivity index (χ3n) is 6.14. The number of aryl methyl sites for hydroxylation is 1. The first-order valence-corrected chi connectivity index (χ1v) is 11.3. The number of amides is 1. The molecule has 0 radical (unpaired) electrons. The van der Waals surface area contributed by atoms with E-state index in [0.717, 1.165) is 32.1 Å². The highest BCUT2D eigenvalue weighted by atomic mass is 16.1. The summed E-state index contributed by atoms with van der Waals surface area (Å²) in [5.41, 5.74) is 12.3. The first-order valence-electron chi connectivity index (χ1n) is 11.3. The normalized spacial score (nSPS) is 11.5. The zero-order valence-corrected chi connectivity index (χ0v) is 20.2. The van der Waals surface area contributed by atoms with E-state index in [9.17, 15) is 4.79 Å². The van der Waals surface area contributed by atoms with Crippen LogP contribution in [0.3, 0.4) is 0 Å². The van der Waals surface area contributed by atoms with Crippen molar-refractivity contribution in [1.82, 2.24) is 14.4 Å². The fourth-order valence-corrected chi connectivity index (χ4v) is 4.14.